The summed E-state index contributed by atoms with van der Waals surface area (Å²) in [5, 5.41) is 9.56. The summed E-state index contributed by atoms with van der Waals surface area (Å²) in [7, 11) is 0. The van der Waals surface area contributed by atoms with E-state index in [2.05, 4.69) is 0 Å². The Bertz CT molecular complexity index is 493. The Morgan fingerprint density at radius 2 is 2.29 bits per heavy atom. The van der Waals surface area contributed by atoms with Crippen molar-refractivity contribution in [2.75, 3.05) is 6.61 Å². The second-order valence-electron chi connectivity index (χ2n) is 2.86. The first kappa shape index (κ1) is 8.64. The fourth-order valence-corrected chi connectivity index (χ4v) is 1.32. The second kappa shape index (κ2) is 3.43. The van der Waals surface area contributed by atoms with Crippen molar-refractivity contribution in [1.82, 2.24) is 0 Å². The molecular formula is C11H9NO2. The van der Waals surface area contributed by atoms with E-state index in [1.54, 1.807) is 12.1 Å². The lowest BCUT2D eigenvalue weighted by Gasteiger charge is -2.00. The van der Waals surface area contributed by atoms with Crippen LogP contribution in [0, 0.1) is 11.3 Å². The van der Waals surface area contributed by atoms with E-state index >= 15 is 0 Å². The highest BCUT2D eigenvalue weighted by molar-refractivity contribution is 5.80. The zero-order valence-electron chi connectivity index (χ0n) is 7.78. The fraction of sp³-hybridized carbons (Fsp3) is 0.182. The van der Waals surface area contributed by atoms with Crippen LogP contribution in [0.3, 0.4) is 0 Å². The monoisotopic (exact) mass is 187 g/mol. The first-order chi connectivity index (χ1) is 6.83. The van der Waals surface area contributed by atoms with Gasteiger partial charge in [-0.15, -0.1) is 0 Å². The highest BCUT2D eigenvalue weighted by atomic mass is 16.5. The Balaban J connectivity index is 2.50. The van der Waals surface area contributed by atoms with E-state index in [4.69, 9.17) is 14.4 Å². The van der Waals surface area contributed by atoms with Gasteiger partial charge in [0.2, 0.25) is 5.76 Å². The molecule has 0 fully saturated rings. The molecule has 0 saturated heterocycles. The van der Waals surface area contributed by atoms with Crippen LogP contribution in [0.25, 0.3) is 11.0 Å². The van der Waals surface area contributed by atoms with Gasteiger partial charge in [-0.05, 0) is 19.1 Å². The third-order valence-electron chi connectivity index (χ3n) is 1.91. The van der Waals surface area contributed by atoms with E-state index in [-0.39, 0.29) is 0 Å². The maximum Gasteiger partial charge on any atom is 0.204 e. The highest BCUT2D eigenvalue weighted by Gasteiger charge is 2.03. The van der Waals surface area contributed by atoms with Gasteiger partial charge in [0.15, 0.2) is 0 Å². The van der Waals surface area contributed by atoms with Crippen LogP contribution in [0.2, 0.25) is 0 Å². The van der Waals surface area contributed by atoms with Crippen molar-refractivity contribution in [1.29, 1.82) is 5.26 Å². The van der Waals surface area contributed by atoms with Gasteiger partial charge in [0.1, 0.15) is 17.4 Å². The van der Waals surface area contributed by atoms with Gasteiger partial charge in [0, 0.05) is 17.5 Å². The van der Waals surface area contributed by atoms with Crippen LogP contribution in [0.5, 0.6) is 5.75 Å². The predicted molar refractivity (Wildman–Crippen MR) is 52.1 cm³/mol. The van der Waals surface area contributed by atoms with E-state index in [9.17, 15) is 0 Å². The molecule has 0 aliphatic heterocycles. The zero-order chi connectivity index (χ0) is 9.97. The largest absolute Gasteiger partial charge is 0.494 e. The fourth-order valence-electron chi connectivity index (χ4n) is 1.32. The van der Waals surface area contributed by atoms with Gasteiger partial charge < -0.3 is 9.15 Å². The number of nitriles is 1. The molecule has 3 nitrogen and oxygen atoms in total. The number of fused-ring (bicyclic) bond motifs is 1. The molecule has 2 rings (SSSR count). The molecule has 1 heterocycles. The van der Waals surface area contributed by atoms with E-state index in [1.807, 2.05) is 25.1 Å². The standard InChI is InChI=1S/C11H9NO2/c1-2-13-9-4-3-8-5-10(7-12)14-11(8)6-9/h3-6H,2H2,1H3. The maximum absolute atomic E-state index is 8.64. The lowest BCUT2D eigenvalue weighted by atomic mass is 10.2. The molecule has 3 heteroatoms. The van der Waals surface area contributed by atoms with Gasteiger partial charge in [-0.2, -0.15) is 5.26 Å². The minimum atomic E-state index is 0.327. The third kappa shape index (κ3) is 1.42. The number of furan rings is 1. The minimum Gasteiger partial charge on any atom is -0.494 e. The smallest absolute Gasteiger partial charge is 0.204 e. The van der Waals surface area contributed by atoms with Crippen molar-refractivity contribution >= 4 is 11.0 Å². The van der Waals surface area contributed by atoms with Crippen molar-refractivity contribution in [3.63, 3.8) is 0 Å². The summed E-state index contributed by atoms with van der Waals surface area (Å²) in [5.74, 6) is 1.09. The Morgan fingerprint density at radius 1 is 1.43 bits per heavy atom. The number of ether oxygens (including phenoxy) is 1. The zero-order valence-corrected chi connectivity index (χ0v) is 7.78. The molecule has 1 aromatic carbocycles. The Morgan fingerprint density at radius 3 is 3.00 bits per heavy atom. The van der Waals surface area contributed by atoms with Crippen molar-refractivity contribution in [2.45, 2.75) is 6.92 Å². The first-order valence-electron chi connectivity index (χ1n) is 4.40. The van der Waals surface area contributed by atoms with Crippen LogP contribution in [-0.4, -0.2) is 6.61 Å². The molecule has 70 valence electrons. The van der Waals surface area contributed by atoms with Gasteiger partial charge >= 0.3 is 0 Å². The minimum absolute atomic E-state index is 0.327. The Labute approximate surface area is 81.5 Å². The molecule has 1 aromatic heterocycles. The van der Waals surface area contributed by atoms with Gasteiger partial charge in [0.05, 0.1) is 6.61 Å². The van der Waals surface area contributed by atoms with Gasteiger partial charge in [-0.3, -0.25) is 0 Å². The molecule has 0 unspecified atom stereocenters. The average Bonchev–Trinajstić information content (AvgIpc) is 2.60. The molecule has 0 atom stereocenters. The number of hydrogen-bond acceptors (Lipinski definition) is 3. The van der Waals surface area contributed by atoms with E-state index in [0.717, 1.165) is 11.1 Å². The Kier molecular flexibility index (Phi) is 2.11. The predicted octanol–water partition coefficient (Wildman–Crippen LogP) is 2.70. The molecule has 0 bridgehead atoms. The van der Waals surface area contributed by atoms with Crippen LogP contribution in [-0.2, 0) is 0 Å². The molecule has 2 aromatic rings. The number of benzene rings is 1. The van der Waals surface area contributed by atoms with Gasteiger partial charge in [-0.25, -0.2) is 0 Å². The normalized spacial score (nSPS) is 10.0. The molecule has 14 heavy (non-hydrogen) atoms. The summed E-state index contributed by atoms with van der Waals surface area (Å²) in [4.78, 5) is 0. The van der Waals surface area contributed by atoms with E-state index in [0.29, 0.717) is 18.0 Å². The van der Waals surface area contributed by atoms with Crippen LogP contribution in [0.4, 0.5) is 0 Å². The maximum atomic E-state index is 8.64. The molecule has 0 amide bonds. The SMILES string of the molecule is CCOc1ccc2cc(C#N)oc2c1. The van der Waals surface area contributed by atoms with Crippen molar-refractivity contribution in [2.24, 2.45) is 0 Å². The van der Waals surface area contributed by atoms with Crippen LogP contribution < -0.4 is 4.74 Å². The highest BCUT2D eigenvalue weighted by Crippen LogP contribution is 2.23. The van der Waals surface area contributed by atoms with E-state index < -0.39 is 0 Å². The van der Waals surface area contributed by atoms with Crippen LogP contribution >= 0.6 is 0 Å². The summed E-state index contributed by atoms with van der Waals surface area (Å²) in [5.41, 5.74) is 0.688. The lowest BCUT2D eigenvalue weighted by Crippen LogP contribution is -1.89. The van der Waals surface area contributed by atoms with Crippen molar-refractivity contribution in [3.05, 3.63) is 30.0 Å². The number of hydrogen-bond donors (Lipinski definition) is 0. The first-order valence-corrected chi connectivity index (χ1v) is 4.40. The lowest BCUT2D eigenvalue weighted by molar-refractivity contribution is 0.340. The number of nitrogens with zero attached hydrogens (tertiary/aromatic N) is 1. The molecule has 0 aliphatic rings. The molecule has 0 radical (unpaired) electrons. The van der Waals surface area contributed by atoms with Crippen molar-refractivity contribution in [3.8, 4) is 11.8 Å². The summed E-state index contributed by atoms with van der Waals surface area (Å²) in [6, 6.07) is 9.21. The topological polar surface area (TPSA) is 46.2 Å². The second-order valence-corrected chi connectivity index (χ2v) is 2.86. The van der Waals surface area contributed by atoms with Crippen LogP contribution in [0.15, 0.2) is 28.7 Å². The van der Waals surface area contributed by atoms with Gasteiger partial charge in [0.25, 0.3) is 0 Å². The Hall–Kier alpha value is -1.95. The third-order valence-corrected chi connectivity index (χ3v) is 1.91. The molecule has 0 spiro atoms. The summed E-state index contributed by atoms with van der Waals surface area (Å²) < 4.78 is 10.6. The molecule has 0 N–H and O–H groups in total. The van der Waals surface area contributed by atoms with Crippen molar-refractivity contribution < 1.29 is 9.15 Å². The number of rotatable bonds is 2. The quantitative estimate of drug-likeness (QED) is 0.726. The average molecular weight is 187 g/mol. The molecule has 0 saturated carbocycles. The van der Waals surface area contributed by atoms with E-state index in [1.165, 1.54) is 0 Å². The summed E-state index contributed by atoms with van der Waals surface area (Å²) >= 11 is 0. The molecular weight excluding hydrogens is 178 g/mol. The summed E-state index contributed by atoms with van der Waals surface area (Å²) in [6.45, 7) is 2.55. The summed E-state index contributed by atoms with van der Waals surface area (Å²) in [6.07, 6.45) is 0. The van der Waals surface area contributed by atoms with Crippen LogP contribution in [0.1, 0.15) is 12.7 Å². The van der Waals surface area contributed by atoms with Gasteiger partial charge in [-0.1, -0.05) is 0 Å². The molecule has 0 aliphatic carbocycles.